The van der Waals surface area contributed by atoms with Crippen LogP contribution in [-0.4, -0.2) is 47.9 Å². The van der Waals surface area contributed by atoms with Crippen molar-refractivity contribution in [1.82, 2.24) is 9.88 Å². The first kappa shape index (κ1) is 18.4. The van der Waals surface area contributed by atoms with E-state index in [4.69, 9.17) is 0 Å². The molecular weight excluding hydrogens is 330 g/mol. The summed E-state index contributed by atoms with van der Waals surface area (Å²) in [5.41, 5.74) is -0.403. The maximum Gasteiger partial charge on any atom is 0.349 e. The second-order valence-electron chi connectivity index (χ2n) is 6.83. The number of anilines is 1. The molecule has 0 radical (unpaired) electrons. The fourth-order valence-corrected chi connectivity index (χ4v) is 3.29. The largest absolute Gasteiger partial charge is 0.465 e. The van der Waals surface area contributed by atoms with Gasteiger partial charge < -0.3 is 15.0 Å². The van der Waals surface area contributed by atoms with Crippen molar-refractivity contribution < 1.29 is 19.1 Å². The van der Waals surface area contributed by atoms with Gasteiger partial charge in [0.05, 0.1) is 13.3 Å². The van der Waals surface area contributed by atoms with Crippen LogP contribution in [0.1, 0.15) is 43.3 Å². The molecule has 2 heterocycles. The van der Waals surface area contributed by atoms with E-state index >= 15 is 0 Å². The SMILES string of the molecule is COC(=O)c1cnc(NC(=O)C2CCN(C(=O)C(C)(C)C)CC2)s1. The van der Waals surface area contributed by atoms with Crippen molar-refractivity contribution >= 4 is 34.3 Å². The summed E-state index contributed by atoms with van der Waals surface area (Å²) >= 11 is 1.08. The van der Waals surface area contributed by atoms with Crippen LogP contribution in [-0.2, 0) is 14.3 Å². The molecule has 24 heavy (non-hydrogen) atoms. The first-order valence-electron chi connectivity index (χ1n) is 7.86. The highest BCUT2D eigenvalue weighted by atomic mass is 32.1. The number of nitrogens with one attached hydrogen (secondary N) is 1. The Hall–Kier alpha value is -1.96. The normalized spacial score (nSPS) is 15.9. The number of carbonyl (C=O) groups excluding carboxylic acids is 3. The van der Waals surface area contributed by atoms with E-state index < -0.39 is 11.4 Å². The lowest BCUT2D eigenvalue weighted by molar-refractivity contribution is -0.142. The van der Waals surface area contributed by atoms with Gasteiger partial charge in [0.2, 0.25) is 11.8 Å². The summed E-state index contributed by atoms with van der Waals surface area (Å²) < 4.78 is 4.61. The molecule has 1 N–H and O–H groups in total. The monoisotopic (exact) mass is 353 g/mol. The van der Waals surface area contributed by atoms with E-state index in [1.54, 1.807) is 0 Å². The number of ether oxygens (including phenoxy) is 1. The van der Waals surface area contributed by atoms with Crippen LogP contribution in [0.4, 0.5) is 5.13 Å². The van der Waals surface area contributed by atoms with Gasteiger partial charge in [-0.2, -0.15) is 0 Å². The third-order valence-corrected chi connectivity index (χ3v) is 4.81. The fraction of sp³-hybridized carbons (Fsp3) is 0.625. The number of hydrogen-bond donors (Lipinski definition) is 1. The van der Waals surface area contributed by atoms with Crippen molar-refractivity contribution in [1.29, 1.82) is 0 Å². The minimum absolute atomic E-state index is 0.115. The van der Waals surface area contributed by atoms with Crippen LogP contribution < -0.4 is 5.32 Å². The molecule has 7 nitrogen and oxygen atoms in total. The average Bonchev–Trinajstić information content (AvgIpc) is 3.01. The fourth-order valence-electron chi connectivity index (χ4n) is 2.55. The molecule has 2 rings (SSSR count). The molecule has 8 heteroatoms. The third kappa shape index (κ3) is 4.31. The van der Waals surface area contributed by atoms with E-state index in [-0.39, 0.29) is 17.7 Å². The summed E-state index contributed by atoms with van der Waals surface area (Å²) in [4.78, 5) is 42.2. The van der Waals surface area contributed by atoms with Crippen molar-refractivity contribution in [3.05, 3.63) is 11.1 Å². The van der Waals surface area contributed by atoms with Crippen LogP contribution in [0.5, 0.6) is 0 Å². The molecule has 0 bridgehead atoms. The lowest BCUT2D eigenvalue weighted by Gasteiger charge is -2.35. The Morgan fingerprint density at radius 2 is 1.92 bits per heavy atom. The molecule has 1 aliphatic heterocycles. The highest BCUT2D eigenvalue weighted by molar-refractivity contribution is 7.17. The molecule has 1 aromatic heterocycles. The van der Waals surface area contributed by atoms with Crippen LogP contribution in [0.15, 0.2) is 6.20 Å². The summed E-state index contributed by atoms with van der Waals surface area (Å²) in [6.45, 7) is 6.86. The molecule has 2 amide bonds. The van der Waals surface area contributed by atoms with Crippen molar-refractivity contribution in [2.75, 3.05) is 25.5 Å². The summed E-state index contributed by atoms with van der Waals surface area (Å²) in [6.07, 6.45) is 2.64. The molecular formula is C16H23N3O4S. The van der Waals surface area contributed by atoms with Gasteiger partial charge in [-0.15, -0.1) is 0 Å². The summed E-state index contributed by atoms with van der Waals surface area (Å²) in [5, 5.41) is 3.13. The molecule has 1 aliphatic rings. The Labute approximate surface area is 145 Å². The van der Waals surface area contributed by atoms with Crippen molar-refractivity contribution in [3.8, 4) is 0 Å². The van der Waals surface area contributed by atoms with E-state index in [1.165, 1.54) is 13.3 Å². The van der Waals surface area contributed by atoms with Gasteiger partial charge in [-0.05, 0) is 12.8 Å². The number of methoxy groups -OCH3 is 1. The third-order valence-electron chi connectivity index (χ3n) is 3.92. The number of aromatic nitrogens is 1. The van der Waals surface area contributed by atoms with Crippen LogP contribution >= 0.6 is 11.3 Å². The molecule has 1 aromatic rings. The smallest absolute Gasteiger partial charge is 0.349 e. The molecule has 132 valence electrons. The second-order valence-corrected chi connectivity index (χ2v) is 7.86. The van der Waals surface area contributed by atoms with E-state index in [1.807, 2.05) is 25.7 Å². The summed E-state index contributed by atoms with van der Waals surface area (Å²) in [5.74, 6) is -0.630. The lowest BCUT2D eigenvalue weighted by atomic mass is 9.91. The number of thiazole rings is 1. The highest BCUT2D eigenvalue weighted by Gasteiger charge is 2.32. The van der Waals surface area contributed by atoms with Crippen LogP contribution in [0, 0.1) is 11.3 Å². The standard InChI is InChI=1S/C16H23N3O4S/c1-16(2,3)14(22)19-7-5-10(6-8-19)12(20)18-15-17-9-11(24-15)13(21)23-4/h9-10H,5-8H2,1-4H3,(H,17,18,20). The first-order valence-corrected chi connectivity index (χ1v) is 8.68. The Bertz CT molecular complexity index is 628. The molecule has 1 saturated heterocycles. The molecule has 0 saturated carbocycles. The number of esters is 1. The molecule has 0 unspecified atom stereocenters. The number of nitrogens with zero attached hydrogens (tertiary/aromatic N) is 2. The first-order chi connectivity index (χ1) is 11.2. The minimum Gasteiger partial charge on any atom is -0.465 e. The Balaban J connectivity index is 1.88. The van der Waals surface area contributed by atoms with Gasteiger partial charge in [-0.25, -0.2) is 9.78 Å². The number of amides is 2. The average molecular weight is 353 g/mol. The maximum absolute atomic E-state index is 12.3. The van der Waals surface area contributed by atoms with Crippen LogP contribution in [0.2, 0.25) is 0 Å². The molecule has 0 aliphatic carbocycles. The lowest BCUT2D eigenvalue weighted by Crippen LogP contribution is -2.45. The van der Waals surface area contributed by atoms with Gasteiger partial charge >= 0.3 is 5.97 Å². The molecule has 0 aromatic carbocycles. The predicted octanol–water partition coefficient (Wildman–Crippen LogP) is 2.15. The number of carbonyl (C=O) groups is 3. The van der Waals surface area contributed by atoms with E-state index in [9.17, 15) is 14.4 Å². The van der Waals surface area contributed by atoms with Crippen LogP contribution in [0.3, 0.4) is 0 Å². The Morgan fingerprint density at radius 1 is 1.29 bits per heavy atom. The van der Waals surface area contributed by atoms with Gasteiger partial charge in [0.1, 0.15) is 4.88 Å². The second kappa shape index (κ2) is 7.29. The van der Waals surface area contributed by atoms with E-state index in [0.29, 0.717) is 35.9 Å². The maximum atomic E-state index is 12.3. The van der Waals surface area contributed by atoms with Crippen molar-refractivity contribution in [2.45, 2.75) is 33.6 Å². The zero-order valence-electron chi connectivity index (χ0n) is 14.4. The highest BCUT2D eigenvalue weighted by Crippen LogP contribution is 2.25. The minimum atomic E-state index is -0.470. The van der Waals surface area contributed by atoms with Crippen LogP contribution in [0.25, 0.3) is 0 Å². The number of hydrogen-bond acceptors (Lipinski definition) is 6. The zero-order valence-corrected chi connectivity index (χ0v) is 15.2. The number of rotatable bonds is 3. The van der Waals surface area contributed by atoms with Gasteiger partial charge in [0.15, 0.2) is 5.13 Å². The predicted molar refractivity (Wildman–Crippen MR) is 90.8 cm³/mol. The zero-order chi connectivity index (χ0) is 17.9. The Morgan fingerprint density at radius 3 is 2.46 bits per heavy atom. The van der Waals surface area contributed by atoms with E-state index in [2.05, 4.69) is 15.0 Å². The van der Waals surface area contributed by atoms with Crippen molar-refractivity contribution in [2.24, 2.45) is 11.3 Å². The Kier molecular flexibility index (Phi) is 5.58. The molecule has 0 atom stereocenters. The van der Waals surface area contributed by atoms with Crippen molar-refractivity contribution in [3.63, 3.8) is 0 Å². The quantitative estimate of drug-likeness (QED) is 0.841. The van der Waals surface area contributed by atoms with Gasteiger partial charge in [0, 0.05) is 24.4 Å². The topological polar surface area (TPSA) is 88.6 Å². The number of piperidine rings is 1. The van der Waals surface area contributed by atoms with Gasteiger partial charge in [-0.1, -0.05) is 32.1 Å². The summed E-state index contributed by atoms with van der Waals surface area (Å²) in [6, 6.07) is 0. The molecule has 0 spiro atoms. The van der Waals surface area contributed by atoms with Gasteiger partial charge in [-0.3, -0.25) is 9.59 Å². The number of likely N-dealkylation sites (tertiary alicyclic amines) is 1. The van der Waals surface area contributed by atoms with E-state index in [0.717, 1.165) is 11.3 Å². The molecule has 1 fully saturated rings. The van der Waals surface area contributed by atoms with Gasteiger partial charge in [0.25, 0.3) is 0 Å². The summed E-state index contributed by atoms with van der Waals surface area (Å²) in [7, 11) is 1.30.